The zero-order chi connectivity index (χ0) is 15.1. The van der Waals surface area contributed by atoms with Gasteiger partial charge in [-0.15, -0.1) is 0 Å². The van der Waals surface area contributed by atoms with E-state index in [1.807, 2.05) is 13.8 Å². The Bertz CT molecular complexity index is 614. The minimum absolute atomic E-state index is 0.106. The molecule has 0 aromatic heterocycles. The van der Waals surface area contributed by atoms with E-state index in [1.165, 1.54) is 10.4 Å². The first-order valence-corrected chi connectivity index (χ1v) is 8.88. The molecule has 2 atom stereocenters. The number of sulfonamides is 1. The van der Waals surface area contributed by atoms with Gasteiger partial charge in [-0.05, 0) is 12.1 Å². The zero-order valence-corrected chi connectivity index (χ0v) is 13.5. The number of nitrogen functional groups attached to an aromatic ring is 1. The van der Waals surface area contributed by atoms with Crippen LogP contribution in [0.1, 0.15) is 13.8 Å². The van der Waals surface area contributed by atoms with Crippen LogP contribution in [0.15, 0.2) is 17.0 Å². The Labute approximate surface area is 127 Å². The number of nitrogens with two attached hydrogens (primary N) is 1. The van der Waals surface area contributed by atoms with Crippen molar-refractivity contribution in [2.45, 2.75) is 29.2 Å². The van der Waals surface area contributed by atoms with Gasteiger partial charge in [0.1, 0.15) is 4.90 Å². The molecule has 1 heterocycles. The van der Waals surface area contributed by atoms with Gasteiger partial charge in [0, 0.05) is 28.6 Å². The highest BCUT2D eigenvalue weighted by Gasteiger charge is 2.34. The van der Waals surface area contributed by atoms with Crippen LogP contribution in [0.4, 0.5) is 10.1 Å². The van der Waals surface area contributed by atoms with Crippen molar-refractivity contribution in [2.24, 2.45) is 0 Å². The van der Waals surface area contributed by atoms with E-state index in [2.05, 4.69) is 0 Å². The topological polar surface area (TPSA) is 63.4 Å². The van der Waals surface area contributed by atoms with Crippen molar-refractivity contribution in [3.8, 4) is 0 Å². The van der Waals surface area contributed by atoms with Crippen LogP contribution >= 0.6 is 23.4 Å². The maximum absolute atomic E-state index is 14.0. The molecule has 1 saturated heterocycles. The summed E-state index contributed by atoms with van der Waals surface area (Å²) in [5.74, 6) is -0.937. The number of halogens is 2. The lowest BCUT2D eigenvalue weighted by Gasteiger charge is -2.33. The van der Waals surface area contributed by atoms with Gasteiger partial charge in [0.05, 0.1) is 5.69 Å². The second-order valence-electron chi connectivity index (χ2n) is 4.89. The molecule has 0 saturated carbocycles. The second-order valence-corrected chi connectivity index (χ2v) is 9.11. The Hall–Kier alpha value is -0.500. The number of benzene rings is 1. The molecule has 0 bridgehead atoms. The Kier molecular flexibility index (Phi) is 4.53. The van der Waals surface area contributed by atoms with Gasteiger partial charge < -0.3 is 5.73 Å². The fraction of sp³-hybridized carbons (Fsp3) is 0.500. The van der Waals surface area contributed by atoms with E-state index >= 15 is 0 Å². The highest BCUT2D eigenvalue weighted by molar-refractivity contribution is 8.00. The SMILES string of the molecule is CC1CN(S(=O)(=O)c2cc(Cl)cc(N)c2F)CC(C)S1. The van der Waals surface area contributed by atoms with E-state index in [1.54, 1.807) is 11.8 Å². The van der Waals surface area contributed by atoms with Crippen molar-refractivity contribution in [1.82, 2.24) is 4.31 Å². The van der Waals surface area contributed by atoms with E-state index in [-0.39, 0.29) is 21.2 Å². The predicted octanol–water partition coefficient (Wildman–Crippen LogP) is 2.58. The lowest BCUT2D eigenvalue weighted by molar-refractivity contribution is 0.401. The average Bonchev–Trinajstić information content (AvgIpc) is 2.32. The summed E-state index contributed by atoms with van der Waals surface area (Å²) in [4.78, 5) is -0.450. The van der Waals surface area contributed by atoms with Gasteiger partial charge in [-0.2, -0.15) is 16.1 Å². The third-order valence-electron chi connectivity index (χ3n) is 3.04. The quantitative estimate of drug-likeness (QED) is 0.842. The molecule has 1 aliphatic rings. The zero-order valence-electron chi connectivity index (χ0n) is 11.1. The van der Waals surface area contributed by atoms with Crippen LogP contribution in [0.5, 0.6) is 0 Å². The molecule has 1 fully saturated rings. The smallest absolute Gasteiger partial charge is 0.246 e. The van der Waals surface area contributed by atoms with Crippen molar-refractivity contribution < 1.29 is 12.8 Å². The van der Waals surface area contributed by atoms with Crippen molar-refractivity contribution in [3.05, 3.63) is 23.0 Å². The normalized spacial score (nSPS) is 24.8. The molecule has 2 N–H and O–H groups in total. The summed E-state index contributed by atoms with van der Waals surface area (Å²) in [6.45, 7) is 4.60. The van der Waals surface area contributed by atoms with E-state index < -0.39 is 20.7 Å². The van der Waals surface area contributed by atoms with Crippen LogP contribution in [0, 0.1) is 5.82 Å². The minimum atomic E-state index is -3.92. The molecule has 112 valence electrons. The summed E-state index contributed by atoms with van der Waals surface area (Å²) in [6.07, 6.45) is 0. The van der Waals surface area contributed by atoms with Gasteiger partial charge in [-0.25, -0.2) is 12.8 Å². The molecule has 4 nitrogen and oxygen atoms in total. The van der Waals surface area contributed by atoms with Crippen molar-refractivity contribution in [3.63, 3.8) is 0 Å². The van der Waals surface area contributed by atoms with Crippen LogP contribution < -0.4 is 5.73 Å². The average molecular weight is 339 g/mol. The minimum Gasteiger partial charge on any atom is -0.396 e. The van der Waals surface area contributed by atoms with Gasteiger partial charge in [-0.1, -0.05) is 25.4 Å². The molecular weight excluding hydrogens is 323 g/mol. The lowest BCUT2D eigenvalue weighted by atomic mass is 10.3. The van der Waals surface area contributed by atoms with E-state index in [4.69, 9.17) is 17.3 Å². The molecule has 8 heteroatoms. The Morgan fingerprint density at radius 1 is 1.35 bits per heavy atom. The monoisotopic (exact) mass is 338 g/mol. The Morgan fingerprint density at radius 3 is 2.45 bits per heavy atom. The first-order chi connectivity index (χ1) is 9.21. The van der Waals surface area contributed by atoms with Crippen LogP contribution in [-0.4, -0.2) is 36.3 Å². The van der Waals surface area contributed by atoms with E-state index in [9.17, 15) is 12.8 Å². The number of hydrogen-bond acceptors (Lipinski definition) is 4. The molecule has 2 rings (SSSR count). The van der Waals surface area contributed by atoms with Crippen molar-refractivity contribution in [2.75, 3.05) is 18.8 Å². The third kappa shape index (κ3) is 3.05. The molecule has 0 spiro atoms. The molecule has 0 amide bonds. The maximum atomic E-state index is 14.0. The van der Waals surface area contributed by atoms with E-state index in [0.717, 1.165) is 6.07 Å². The number of thioether (sulfide) groups is 1. The van der Waals surface area contributed by atoms with Gasteiger partial charge in [0.25, 0.3) is 0 Å². The molecule has 2 unspecified atom stereocenters. The molecule has 0 aliphatic carbocycles. The Morgan fingerprint density at radius 2 is 1.90 bits per heavy atom. The highest BCUT2D eigenvalue weighted by Crippen LogP contribution is 2.32. The van der Waals surface area contributed by atoms with Crippen molar-refractivity contribution in [1.29, 1.82) is 0 Å². The summed E-state index contributed by atoms with van der Waals surface area (Å²) in [5.41, 5.74) is 5.20. The molecule has 0 radical (unpaired) electrons. The largest absolute Gasteiger partial charge is 0.396 e. The molecular formula is C12H16ClFN2O2S2. The second kappa shape index (κ2) is 5.71. The van der Waals surface area contributed by atoms with E-state index in [0.29, 0.717) is 13.1 Å². The third-order valence-corrected chi connectivity index (χ3v) is 6.31. The number of rotatable bonds is 2. The summed E-state index contributed by atoms with van der Waals surface area (Å²) < 4.78 is 40.5. The summed E-state index contributed by atoms with van der Waals surface area (Å²) in [5, 5.41) is 0.427. The number of anilines is 1. The molecule has 1 aromatic rings. The first-order valence-electron chi connectivity index (χ1n) is 6.12. The number of nitrogens with zero attached hydrogens (tertiary/aromatic N) is 1. The van der Waals surface area contributed by atoms with Crippen LogP contribution in [-0.2, 0) is 10.0 Å². The van der Waals surface area contributed by atoms with Gasteiger partial charge in [0.2, 0.25) is 10.0 Å². The van der Waals surface area contributed by atoms with Crippen LogP contribution in [0.3, 0.4) is 0 Å². The summed E-state index contributed by atoms with van der Waals surface area (Å²) in [7, 11) is -3.92. The van der Waals surface area contributed by atoms with Crippen LogP contribution in [0.2, 0.25) is 5.02 Å². The summed E-state index contributed by atoms with van der Waals surface area (Å²) in [6, 6.07) is 2.31. The highest BCUT2D eigenvalue weighted by atomic mass is 35.5. The van der Waals surface area contributed by atoms with Gasteiger partial charge in [-0.3, -0.25) is 0 Å². The maximum Gasteiger partial charge on any atom is 0.246 e. The fourth-order valence-corrected chi connectivity index (χ4v) is 5.78. The lowest BCUT2D eigenvalue weighted by Crippen LogP contribution is -2.44. The summed E-state index contributed by atoms with van der Waals surface area (Å²) >= 11 is 7.51. The standard InChI is InChI=1S/C12H16ClFN2O2S2/c1-7-5-16(6-8(2)19-7)20(17,18)11-4-9(13)3-10(15)12(11)14/h3-4,7-8H,5-6,15H2,1-2H3. The molecule has 1 aliphatic heterocycles. The fourth-order valence-electron chi connectivity index (χ4n) is 2.24. The number of hydrogen-bond donors (Lipinski definition) is 1. The van der Waals surface area contributed by atoms with Crippen molar-refractivity contribution >= 4 is 39.1 Å². The van der Waals surface area contributed by atoms with Gasteiger partial charge in [0.15, 0.2) is 5.82 Å². The Balaban J connectivity index is 2.45. The predicted molar refractivity (Wildman–Crippen MR) is 81.1 cm³/mol. The van der Waals surface area contributed by atoms with Gasteiger partial charge >= 0.3 is 0 Å². The first kappa shape index (κ1) is 15.9. The van der Waals surface area contributed by atoms with Crippen LogP contribution in [0.25, 0.3) is 0 Å². The molecule has 20 heavy (non-hydrogen) atoms. The molecule has 1 aromatic carbocycles.